The highest BCUT2D eigenvalue weighted by molar-refractivity contribution is 7.09. The highest BCUT2D eigenvalue weighted by Crippen LogP contribution is 2.19. The monoisotopic (exact) mass is 366 g/mol. The van der Waals surface area contributed by atoms with Gasteiger partial charge in [0.15, 0.2) is 5.96 Å². The van der Waals surface area contributed by atoms with Gasteiger partial charge in [-0.25, -0.2) is 4.98 Å². The zero-order valence-corrected chi connectivity index (χ0v) is 16.9. The van der Waals surface area contributed by atoms with Crippen LogP contribution in [0, 0.1) is 6.92 Å². The third-order valence-electron chi connectivity index (χ3n) is 4.65. The first-order valence-electron chi connectivity index (χ1n) is 9.63. The van der Waals surface area contributed by atoms with E-state index in [1.807, 2.05) is 14.0 Å². The van der Waals surface area contributed by atoms with Gasteiger partial charge in [-0.1, -0.05) is 25.7 Å². The summed E-state index contributed by atoms with van der Waals surface area (Å²) in [4.78, 5) is 11.0. The molecule has 1 N–H and O–H groups in total. The standard InChI is InChI=1S/C19H34N4OS/c1-16-22-17(15-25-16)14-23(3)19(20-2)21-12-8-9-13-24-18-10-6-4-5-7-11-18/h15,18H,4-14H2,1-3H3,(H,20,21). The molecule has 1 saturated carbocycles. The van der Waals surface area contributed by atoms with Crippen LogP contribution in [0.25, 0.3) is 0 Å². The second kappa shape index (κ2) is 11.5. The highest BCUT2D eigenvalue weighted by Gasteiger charge is 2.12. The molecule has 1 aliphatic carbocycles. The first-order chi connectivity index (χ1) is 12.2. The maximum Gasteiger partial charge on any atom is 0.193 e. The minimum absolute atomic E-state index is 0.510. The molecule has 0 amide bonds. The maximum atomic E-state index is 6.05. The topological polar surface area (TPSA) is 49.8 Å². The highest BCUT2D eigenvalue weighted by atomic mass is 32.1. The molecule has 0 unspecified atom stereocenters. The third kappa shape index (κ3) is 7.74. The van der Waals surface area contributed by atoms with Crippen molar-refractivity contribution in [3.63, 3.8) is 0 Å². The molecule has 5 nitrogen and oxygen atoms in total. The van der Waals surface area contributed by atoms with Crippen LogP contribution in [0.4, 0.5) is 0 Å². The second-order valence-electron chi connectivity index (χ2n) is 6.88. The minimum Gasteiger partial charge on any atom is -0.378 e. The Morgan fingerprint density at radius 1 is 1.32 bits per heavy atom. The molecule has 1 fully saturated rings. The molecule has 6 heteroatoms. The van der Waals surface area contributed by atoms with E-state index in [9.17, 15) is 0 Å². The molecule has 0 atom stereocenters. The summed E-state index contributed by atoms with van der Waals surface area (Å²) in [5.41, 5.74) is 1.10. The second-order valence-corrected chi connectivity index (χ2v) is 7.94. The van der Waals surface area contributed by atoms with Crippen molar-refractivity contribution in [2.45, 2.75) is 70.9 Å². The van der Waals surface area contributed by atoms with Gasteiger partial charge in [0.1, 0.15) is 0 Å². The van der Waals surface area contributed by atoms with E-state index in [1.54, 1.807) is 11.3 Å². The Kier molecular flexibility index (Phi) is 9.26. The van der Waals surface area contributed by atoms with E-state index in [-0.39, 0.29) is 0 Å². The lowest BCUT2D eigenvalue weighted by Gasteiger charge is -2.21. The van der Waals surface area contributed by atoms with E-state index < -0.39 is 0 Å². The van der Waals surface area contributed by atoms with Crippen LogP contribution in [0.15, 0.2) is 10.4 Å². The average molecular weight is 367 g/mol. The number of aromatic nitrogens is 1. The first kappa shape index (κ1) is 20.2. The molecule has 0 bridgehead atoms. The van der Waals surface area contributed by atoms with Crippen LogP contribution < -0.4 is 5.32 Å². The Hall–Kier alpha value is -1.14. The van der Waals surface area contributed by atoms with Crippen molar-refractivity contribution in [2.75, 3.05) is 27.2 Å². The summed E-state index contributed by atoms with van der Waals surface area (Å²) in [6, 6.07) is 0. The Morgan fingerprint density at radius 3 is 2.72 bits per heavy atom. The molecule has 1 aromatic heterocycles. The minimum atomic E-state index is 0.510. The van der Waals surface area contributed by atoms with Gasteiger partial charge in [0.2, 0.25) is 0 Å². The third-order valence-corrected chi connectivity index (χ3v) is 5.47. The Morgan fingerprint density at radius 2 is 2.08 bits per heavy atom. The van der Waals surface area contributed by atoms with Gasteiger partial charge in [-0.15, -0.1) is 11.3 Å². The van der Waals surface area contributed by atoms with Crippen molar-refractivity contribution in [3.8, 4) is 0 Å². The molecule has 0 radical (unpaired) electrons. The number of ether oxygens (including phenoxy) is 1. The fourth-order valence-electron chi connectivity index (χ4n) is 3.27. The Labute approximate surface area is 156 Å². The van der Waals surface area contributed by atoms with E-state index >= 15 is 0 Å². The first-order valence-corrected chi connectivity index (χ1v) is 10.5. The van der Waals surface area contributed by atoms with Crippen molar-refractivity contribution in [1.82, 2.24) is 15.2 Å². The number of unbranched alkanes of at least 4 members (excludes halogenated alkanes) is 1. The van der Waals surface area contributed by atoms with E-state index in [0.29, 0.717) is 6.10 Å². The molecule has 25 heavy (non-hydrogen) atoms. The van der Waals surface area contributed by atoms with Crippen LogP contribution in [0.1, 0.15) is 62.1 Å². The van der Waals surface area contributed by atoms with Gasteiger partial charge in [0.05, 0.1) is 23.4 Å². The van der Waals surface area contributed by atoms with Crippen molar-refractivity contribution in [1.29, 1.82) is 0 Å². The number of thiazole rings is 1. The van der Waals surface area contributed by atoms with Crippen LogP contribution in [0.2, 0.25) is 0 Å². The van der Waals surface area contributed by atoms with Crippen LogP contribution in [-0.4, -0.2) is 49.2 Å². The number of aliphatic imine (C=N–C) groups is 1. The van der Waals surface area contributed by atoms with Gasteiger partial charge >= 0.3 is 0 Å². The number of nitrogens with zero attached hydrogens (tertiary/aromatic N) is 3. The number of hydrogen-bond acceptors (Lipinski definition) is 4. The average Bonchev–Trinajstić information content (AvgIpc) is 2.85. The zero-order chi connectivity index (χ0) is 17.9. The molecule has 142 valence electrons. The quantitative estimate of drug-likeness (QED) is 0.327. The summed E-state index contributed by atoms with van der Waals surface area (Å²) in [5, 5.41) is 6.67. The van der Waals surface area contributed by atoms with E-state index in [1.165, 1.54) is 38.5 Å². The van der Waals surface area contributed by atoms with Crippen molar-refractivity contribution >= 4 is 17.3 Å². The van der Waals surface area contributed by atoms with Crippen LogP contribution in [-0.2, 0) is 11.3 Å². The molecule has 1 heterocycles. The molecule has 1 aliphatic rings. The predicted molar refractivity (Wildman–Crippen MR) is 106 cm³/mol. The van der Waals surface area contributed by atoms with E-state index in [4.69, 9.17) is 4.74 Å². The van der Waals surface area contributed by atoms with Gasteiger partial charge in [0.25, 0.3) is 0 Å². The summed E-state index contributed by atoms with van der Waals surface area (Å²) in [6.45, 7) is 4.65. The van der Waals surface area contributed by atoms with Gasteiger partial charge in [0, 0.05) is 32.6 Å². The number of hydrogen-bond donors (Lipinski definition) is 1. The fraction of sp³-hybridized carbons (Fsp3) is 0.789. The summed E-state index contributed by atoms with van der Waals surface area (Å²) < 4.78 is 6.05. The molecular formula is C19H34N4OS. The van der Waals surface area contributed by atoms with Gasteiger partial charge < -0.3 is 15.0 Å². The fourth-order valence-corrected chi connectivity index (χ4v) is 3.87. The number of aryl methyl sites for hydroxylation is 1. The normalized spacial score (nSPS) is 16.7. The smallest absolute Gasteiger partial charge is 0.193 e. The van der Waals surface area contributed by atoms with Crippen LogP contribution in [0.5, 0.6) is 0 Å². The van der Waals surface area contributed by atoms with Gasteiger partial charge in [-0.2, -0.15) is 0 Å². The number of rotatable bonds is 8. The largest absolute Gasteiger partial charge is 0.378 e. The summed E-state index contributed by atoms with van der Waals surface area (Å²) in [7, 11) is 3.89. The molecule has 0 saturated heterocycles. The van der Waals surface area contributed by atoms with Crippen LogP contribution >= 0.6 is 11.3 Å². The van der Waals surface area contributed by atoms with E-state index in [2.05, 4.69) is 32.6 Å². The summed E-state index contributed by atoms with van der Waals surface area (Å²) in [5.74, 6) is 0.926. The number of guanidine groups is 1. The van der Waals surface area contributed by atoms with Crippen molar-refractivity contribution in [2.24, 2.45) is 4.99 Å². The molecule has 2 rings (SSSR count). The SMILES string of the molecule is CN=C(NCCCCOC1CCCCCC1)N(C)Cc1csc(C)n1. The zero-order valence-electron chi connectivity index (χ0n) is 16.1. The molecular weight excluding hydrogens is 332 g/mol. The van der Waals surface area contributed by atoms with Crippen LogP contribution in [0.3, 0.4) is 0 Å². The van der Waals surface area contributed by atoms with Gasteiger partial charge in [-0.3, -0.25) is 4.99 Å². The lowest BCUT2D eigenvalue weighted by Crippen LogP contribution is -2.39. The van der Waals surface area contributed by atoms with Crippen molar-refractivity contribution in [3.05, 3.63) is 16.1 Å². The summed E-state index contributed by atoms with van der Waals surface area (Å²) in [6.07, 6.45) is 10.7. The van der Waals surface area contributed by atoms with Gasteiger partial charge in [-0.05, 0) is 32.6 Å². The maximum absolute atomic E-state index is 6.05. The lowest BCUT2D eigenvalue weighted by molar-refractivity contribution is 0.0411. The molecule has 0 aliphatic heterocycles. The number of nitrogens with one attached hydrogen (secondary N) is 1. The Balaban J connectivity index is 1.57. The van der Waals surface area contributed by atoms with E-state index in [0.717, 1.165) is 49.2 Å². The van der Waals surface area contributed by atoms with Crippen molar-refractivity contribution < 1.29 is 4.74 Å². The Bertz CT molecular complexity index is 509. The summed E-state index contributed by atoms with van der Waals surface area (Å²) >= 11 is 1.69. The molecule has 0 aromatic carbocycles. The lowest BCUT2D eigenvalue weighted by atomic mass is 10.1. The molecule has 1 aromatic rings. The molecule has 0 spiro atoms. The predicted octanol–water partition coefficient (Wildman–Crippen LogP) is 3.98.